The van der Waals surface area contributed by atoms with Crippen LogP contribution in [0, 0.1) is 5.92 Å². The number of imidazole rings is 1. The van der Waals surface area contributed by atoms with E-state index in [1.807, 2.05) is 12.3 Å². The van der Waals surface area contributed by atoms with Crippen molar-refractivity contribution in [2.45, 2.75) is 19.4 Å². The van der Waals surface area contributed by atoms with Crippen molar-refractivity contribution in [1.82, 2.24) is 24.7 Å². The Morgan fingerprint density at radius 3 is 2.74 bits per heavy atom. The third-order valence-electron chi connectivity index (χ3n) is 3.24. The fraction of sp³-hybridized carbons (Fsp3) is 0.286. The van der Waals surface area contributed by atoms with Crippen molar-refractivity contribution in [1.29, 1.82) is 0 Å². The van der Waals surface area contributed by atoms with Gasteiger partial charge in [0.15, 0.2) is 0 Å². The van der Waals surface area contributed by atoms with E-state index < -0.39 is 0 Å². The molecule has 0 aromatic carbocycles. The predicted octanol–water partition coefficient (Wildman–Crippen LogP) is 2.04. The molecule has 5 nitrogen and oxygen atoms in total. The number of hydrogen-bond donors (Lipinski definition) is 2. The number of hydrogen-bond acceptors (Lipinski definition) is 2. The molecule has 0 saturated heterocycles. The Hall–Kier alpha value is -2.30. The second-order valence-electron chi connectivity index (χ2n) is 4.77. The largest absolute Gasteiger partial charge is 0.354 e. The Balaban J connectivity index is 1.70. The molecule has 1 atom stereocenters. The fourth-order valence-electron chi connectivity index (χ4n) is 2.38. The predicted molar refractivity (Wildman–Crippen MR) is 72.5 cm³/mol. The molecule has 3 heterocycles. The Kier molecular flexibility index (Phi) is 3.45. The summed E-state index contributed by atoms with van der Waals surface area (Å²) in [4.78, 5) is 7.50. The minimum Gasteiger partial charge on any atom is -0.354 e. The van der Waals surface area contributed by atoms with Gasteiger partial charge >= 0.3 is 0 Å². The highest BCUT2D eigenvalue weighted by atomic mass is 15.1. The minimum atomic E-state index is 0.485. The van der Waals surface area contributed by atoms with Gasteiger partial charge in [0.05, 0.1) is 0 Å². The highest BCUT2D eigenvalue weighted by molar-refractivity contribution is 5.01. The van der Waals surface area contributed by atoms with E-state index >= 15 is 0 Å². The number of nitrogens with zero attached hydrogens (tertiary/aromatic N) is 3. The molecule has 0 radical (unpaired) electrons. The summed E-state index contributed by atoms with van der Waals surface area (Å²) in [5.74, 6) is 1.52. The van der Waals surface area contributed by atoms with E-state index in [1.165, 1.54) is 5.69 Å². The molecule has 0 aliphatic heterocycles. The average molecular weight is 255 g/mol. The molecule has 0 amide bonds. The summed E-state index contributed by atoms with van der Waals surface area (Å²) in [5, 5.41) is 7.05. The topological polar surface area (TPSA) is 62.3 Å². The first-order valence-electron chi connectivity index (χ1n) is 6.47. The quantitative estimate of drug-likeness (QED) is 0.708. The van der Waals surface area contributed by atoms with Gasteiger partial charge in [0, 0.05) is 49.6 Å². The van der Waals surface area contributed by atoms with E-state index in [1.54, 1.807) is 12.4 Å². The number of nitrogens with one attached hydrogen (secondary N) is 2. The Morgan fingerprint density at radius 1 is 1.16 bits per heavy atom. The number of aromatic nitrogens is 5. The summed E-state index contributed by atoms with van der Waals surface area (Å²) in [6, 6.07) is 6.14. The second kappa shape index (κ2) is 5.56. The van der Waals surface area contributed by atoms with Gasteiger partial charge in [-0.3, -0.25) is 5.10 Å². The van der Waals surface area contributed by atoms with Gasteiger partial charge in [0.1, 0.15) is 5.82 Å². The lowest BCUT2D eigenvalue weighted by Crippen LogP contribution is -2.16. The third kappa shape index (κ3) is 3.13. The maximum atomic E-state index is 4.32. The van der Waals surface area contributed by atoms with Crippen molar-refractivity contribution in [3.8, 4) is 0 Å². The van der Waals surface area contributed by atoms with E-state index in [0.717, 1.165) is 25.2 Å². The molecule has 2 N–H and O–H groups in total. The van der Waals surface area contributed by atoms with Gasteiger partial charge in [0.25, 0.3) is 0 Å². The maximum Gasteiger partial charge on any atom is 0.106 e. The zero-order chi connectivity index (χ0) is 12.9. The van der Waals surface area contributed by atoms with Gasteiger partial charge in [-0.05, 0) is 30.5 Å². The van der Waals surface area contributed by atoms with E-state index in [4.69, 9.17) is 0 Å². The molecule has 1 unspecified atom stereocenters. The van der Waals surface area contributed by atoms with Crippen LogP contribution in [0.3, 0.4) is 0 Å². The van der Waals surface area contributed by atoms with Crippen LogP contribution in [0.1, 0.15) is 11.5 Å². The van der Waals surface area contributed by atoms with Gasteiger partial charge in [-0.15, -0.1) is 0 Å². The van der Waals surface area contributed by atoms with Crippen LogP contribution in [0.15, 0.2) is 49.2 Å². The van der Waals surface area contributed by atoms with Crippen molar-refractivity contribution >= 4 is 0 Å². The third-order valence-corrected chi connectivity index (χ3v) is 3.24. The number of rotatable bonds is 6. The van der Waals surface area contributed by atoms with Crippen molar-refractivity contribution < 1.29 is 0 Å². The van der Waals surface area contributed by atoms with Crippen LogP contribution in [-0.2, 0) is 19.4 Å². The normalized spacial score (nSPS) is 12.6. The van der Waals surface area contributed by atoms with Crippen LogP contribution >= 0.6 is 0 Å². The van der Waals surface area contributed by atoms with Crippen molar-refractivity contribution in [2.24, 2.45) is 5.92 Å². The zero-order valence-electron chi connectivity index (χ0n) is 10.7. The molecule has 5 heteroatoms. The van der Waals surface area contributed by atoms with Crippen LogP contribution in [0.2, 0.25) is 0 Å². The summed E-state index contributed by atoms with van der Waals surface area (Å²) in [6.45, 7) is 0.979. The molecule has 3 rings (SSSR count). The summed E-state index contributed by atoms with van der Waals surface area (Å²) in [5.41, 5.74) is 1.17. The Morgan fingerprint density at radius 2 is 2.05 bits per heavy atom. The van der Waals surface area contributed by atoms with Crippen LogP contribution < -0.4 is 0 Å². The average Bonchev–Trinajstić information content (AvgIpc) is 3.10. The standard InChI is InChI=1S/C14H17N5/c1-2-8-19(7-1)11-12(9-13-3-4-17-18-13)10-14-15-5-6-16-14/h1-8,12H,9-11H2,(H,15,16)(H,17,18). The van der Waals surface area contributed by atoms with Crippen LogP contribution in [-0.4, -0.2) is 24.7 Å². The first-order chi connectivity index (χ1) is 9.40. The molecule has 3 aromatic heterocycles. The second-order valence-corrected chi connectivity index (χ2v) is 4.77. The summed E-state index contributed by atoms with van der Waals surface area (Å²) in [7, 11) is 0. The van der Waals surface area contributed by atoms with Gasteiger partial charge < -0.3 is 9.55 Å². The van der Waals surface area contributed by atoms with Crippen molar-refractivity contribution in [3.63, 3.8) is 0 Å². The molecule has 0 spiro atoms. The molecular formula is C14H17N5. The lowest BCUT2D eigenvalue weighted by Gasteiger charge is -2.16. The lowest BCUT2D eigenvalue weighted by atomic mass is 9.99. The van der Waals surface area contributed by atoms with Gasteiger partial charge in [-0.2, -0.15) is 5.10 Å². The summed E-state index contributed by atoms with van der Waals surface area (Å²) in [6.07, 6.45) is 11.6. The molecule has 98 valence electrons. The van der Waals surface area contributed by atoms with Gasteiger partial charge in [0.2, 0.25) is 0 Å². The summed E-state index contributed by atoms with van der Waals surface area (Å²) >= 11 is 0. The molecule has 0 aliphatic rings. The number of H-pyrrole nitrogens is 2. The molecule has 19 heavy (non-hydrogen) atoms. The first-order valence-corrected chi connectivity index (χ1v) is 6.47. The van der Waals surface area contributed by atoms with Crippen molar-refractivity contribution in [2.75, 3.05) is 0 Å². The SMILES string of the molecule is c1ccn(CC(Cc2ccn[nH]2)Cc2ncc[nH]2)c1. The van der Waals surface area contributed by atoms with E-state index in [-0.39, 0.29) is 0 Å². The molecule has 0 saturated carbocycles. The number of aromatic amines is 2. The zero-order valence-corrected chi connectivity index (χ0v) is 10.7. The van der Waals surface area contributed by atoms with E-state index in [9.17, 15) is 0 Å². The van der Waals surface area contributed by atoms with Gasteiger partial charge in [-0.25, -0.2) is 4.98 Å². The highest BCUT2D eigenvalue weighted by Crippen LogP contribution is 2.14. The maximum absolute atomic E-state index is 4.32. The molecular weight excluding hydrogens is 238 g/mol. The Labute approximate surface area is 111 Å². The monoisotopic (exact) mass is 255 g/mol. The minimum absolute atomic E-state index is 0.485. The smallest absolute Gasteiger partial charge is 0.106 e. The van der Waals surface area contributed by atoms with Gasteiger partial charge in [-0.1, -0.05) is 0 Å². The van der Waals surface area contributed by atoms with E-state index in [2.05, 4.69) is 49.3 Å². The van der Waals surface area contributed by atoms with Crippen LogP contribution in [0.5, 0.6) is 0 Å². The van der Waals surface area contributed by atoms with Crippen LogP contribution in [0.25, 0.3) is 0 Å². The van der Waals surface area contributed by atoms with E-state index in [0.29, 0.717) is 5.92 Å². The molecule has 0 bridgehead atoms. The van der Waals surface area contributed by atoms with Crippen molar-refractivity contribution in [3.05, 3.63) is 60.7 Å². The molecule has 0 aliphatic carbocycles. The fourth-order valence-corrected chi connectivity index (χ4v) is 2.38. The first kappa shape index (κ1) is 11.8. The van der Waals surface area contributed by atoms with Crippen LogP contribution in [0.4, 0.5) is 0 Å². The Bertz CT molecular complexity index is 479. The molecule has 3 aromatic rings. The summed E-state index contributed by atoms with van der Waals surface area (Å²) < 4.78 is 2.21. The molecule has 0 fully saturated rings. The lowest BCUT2D eigenvalue weighted by molar-refractivity contribution is 0.428. The highest BCUT2D eigenvalue weighted by Gasteiger charge is 2.13.